The summed E-state index contributed by atoms with van der Waals surface area (Å²) in [7, 11) is -3.37. The van der Waals surface area contributed by atoms with Crippen LogP contribution in [0.15, 0.2) is 53.4 Å². The van der Waals surface area contributed by atoms with Crippen LogP contribution in [0.4, 0.5) is 11.4 Å². The van der Waals surface area contributed by atoms with Crippen LogP contribution in [0.25, 0.3) is 0 Å². The molecule has 3 rings (SSSR count). The Morgan fingerprint density at radius 1 is 1.04 bits per heavy atom. The summed E-state index contributed by atoms with van der Waals surface area (Å²) in [6, 6.07) is 12.4. The summed E-state index contributed by atoms with van der Waals surface area (Å²) < 4.78 is 23.4. The van der Waals surface area contributed by atoms with Crippen LogP contribution in [0, 0.1) is 10.1 Å². The maximum Gasteiger partial charge on any atom is 0.269 e. The Kier molecular flexibility index (Phi) is 5.13. The van der Waals surface area contributed by atoms with E-state index in [1.165, 1.54) is 24.3 Å². The molecule has 0 atom stereocenters. The van der Waals surface area contributed by atoms with Crippen molar-refractivity contribution < 1.29 is 18.1 Å². The largest absolute Gasteiger partial charge is 0.368 e. The van der Waals surface area contributed by atoms with Crippen LogP contribution in [-0.2, 0) is 9.84 Å². The van der Waals surface area contributed by atoms with Crippen molar-refractivity contribution in [2.24, 2.45) is 0 Å². The third-order valence-corrected chi connectivity index (χ3v) is 5.61. The van der Waals surface area contributed by atoms with Gasteiger partial charge in [0.2, 0.25) is 0 Å². The molecule has 9 heteroatoms. The first kappa shape index (κ1) is 18.8. The number of nitro groups is 1. The fraction of sp³-hybridized carbons (Fsp3) is 0.278. The highest BCUT2D eigenvalue weighted by Gasteiger charge is 2.23. The number of nitrogens with zero attached hydrogens (tertiary/aromatic N) is 3. The van der Waals surface area contributed by atoms with Gasteiger partial charge in [0.25, 0.3) is 11.6 Å². The Bertz CT molecular complexity index is 965. The van der Waals surface area contributed by atoms with Gasteiger partial charge in [0, 0.05) is 55.8 Å². The van der Waals surface area contributed by atoms with Crippen molar-refractivity contribution in [3.63, 3.8) is 0 Å². The zero-order chi connectivity index (χ0) is 19.6. The predicted molar refractivity (Wildman–Crippen MR) is 101 cm³/mol. The SMILES string of the molecule is CS(=O)(=O)c1cccc(C(=O)N2CCN(c3ccc([N+](=O)[O-])cc3)CC2)c1. The van der Waals surface area contributed by atoms with E-state index in [0.717, 1.165) is 11.9 Å². The number of sulfone groups is 1. The Balaban J connectivity index is 1.67. The van der Waals surface area contributed by atoms with Gasteiger partial charge in [-0.25, -0.2) is 8.42 Å². The van der Waals surface area contributed by atoms with E-state index >= 15 is 0 Å². The topological polar surface area (TPSA) is 101 Å². The molecule has 27 heavy (non-hydrogen) atoms. The smallest absolute Gasteiger partial charge is 0.269 e. The number of nitro benzene ring substituents is 1. The molecule has 0 unspecified atom stereocenters. The summed E-state index contributed by atoms with van der Waals surface area (Å²) in [4.78, 5) is 26.8. The summed E-state index contributed by atoms with van der Waals surface area (Å²) in [5.41, 5.74) is 1.26. The third kappa shape index (κ3) is 4.25. The lowest BCUT2D eigenvalue weighted by Crippen LogP contribution is -2.48. The number of benzene rings is 2. The first-order valence-electron chi connectivity index (χ1n) is 8.34. The second kappa shape index (κ2) is 7.36. The van der Waals surface area contributed by atoms with E-state index in [0.29, 0.717) is 31.7 Å². The Labute approximate surface area is 157 Å². The van der Waals surface area contributed by atoms with Crippen LogP contribution >= 0.6 is 0 Å². The second-order valence-corrected chi connectivity index (χ2v) is 8.37. The number of hydrogen-bond acceptors (Lipinski definition) is 6. The molecule has 0 saturated carbocycles. The van der Waals surface area contributed by atoms with Crippen LogP contribution in [0.5, 0.6) is 0 Å². The van der Waals surface area contributed by atoms with E-state index in [9.17, 15) is 23.3 Å². The summed E-state index contributed by atoms with van der Waals surface area (Å²) in [6.07, 6.45) is 1.11. The molecule has 2 aromatic rings. The van der Waals surface area contributed by atoms with Gasteiger partial charge in [-0.15, -0.1) is 0 Å². The first-order chi connectivity index (χ1) is 12.8. The molecule has 0 spiro atoms. The van der Waals surface area contributed by atoms with Crippen LogP contribution < -0.4 is 4.90 Å². The number of rotatable bonds is 4. The maximum atomic E-state index is 12.7. The number of hydrogen-bond donors (Lipinski definition) is 0. The molecule has 0 aliphatic carbocycles. The van der Waals surface area contributed by atoms with Crippen LogP contribution in [0.3, 0.4) is 0 Å². The maximum absolute atomic E-state index is 12.7. The lowest BCUT2D eigenvalue weighted by Gasteiger charge is -2.36. The van der Waals surface area contributed by atoms with Gasteiger partial charge >= 0.3 is 0 Å². The van der Waals surface area contributed by atoms with Crippen molar-refractivity contribution in [3.05, 3.63) is 64.2 Å². The molecule has 8 nitrogen and oxygen atoms in total. The van der Waals surface area contributed by atoms with Crippen LogP contribution in [-0.4, -0.2) is 56.6 Å². The summed E-state index contributed by atoms with van der Waals surface area (Å²) in [6.45, 7) is 2.16. The highest BCUT2D eigenvalue weighted by Crippen LogP contribution is 2.21. The molecular formula is C18H19N3O5S. The van der Waals surface area contributed by atoms with Gasteiger partial charge < -0.3 is 9.80 Å². The summed E-state index contributed by atoms with van der Waals surface area (Å²) >= 11 is 0. The van der Waals surface area contributed by atoms with Gasteiger partial charge in [0.1, 0.15) is 0 Å². The molecule has 1 fully saturated rings. The molecule has 142 valence electrons. The number of piperazine rings is 1. The van der Waals surface area contributed by atoms with E-state index < -0.39 is 14.8 Å². The zero-order valence-corrected chi connectivity index (χ0v) is 15.6. The van der Waals surface area contributed by atoms with Crippen molar-refractivity contribution in [1.82, 2.24) is 4.90 Å². The molecule has 1 amide bonds. The lowest BCUT2D eigenvalue weighted by atomic mass is 10.1. The molecule has 0 N–H and O–H groups in total. The van der Waals surface area contributed by atoms with Crippen molar-refractivity contribution in [2.45, 2.75) is 4.90 Å². The van der Waals surface area contributed by atoms with Crippen molar-refractivity contribution >= 4 is 27.1 Å². The van der Waals surface area contributed by atoms with Crippen molar-refractivity contribution in [1.29, 1.82) is 0 Å². The van der Waals surface area contributed by atoms with E-state index in [-0.39, 0.29) is 16.5 Å². The van der Waals surface area contributed by atoms with Crippen molar-refractivity contribution in [3.8, 4) is 0 Å². The van der Waals surface area contributed by atoms with E-state index in [1.54, 1.807) is 29.2 Å². The number of carbonyl (C=O) groups is 1. The summed E-state index contributed by atoms with van der Waals surface area (Å²) in [5.74, 6) is -0.205. The van der Waals surface area contributed by atoms with Gasteiger partial charge in [0.05, 0.1) is 9.82 Å². The molecule has 2 aromatic carbocycles. The average Bonchev–Trinajstić information content (AvgIpc) is 2.67. The molecule has 1 aliphatic rings. The van der Waals surface area contributed by atoms with Gasteiger partial charge in [-0.2, -0.15) is 0 Å². The third-order valence-electron chi connectivity index (χ3n) is 4.50. The Morgan fingerprint density at radius 3 is 2.22 bits per heavy atom. The van der Waals surface area contributed by atoms with E-state index in [2.05, 4.69) is 4.90 Å². The van der Waals surface area contributed by atoms with Crippen LogP contribution in [0.2, 0.25) is 0 Å². The van der Waals surface area contributed by atoms with E-state index in [1.807, 2.05) is 0 Å². The lowest BCUT2D eigenvalue weighted by molar-refractivity contribution is -0.384. The normalized spacial score (nSPS) is 14.9. The molecule has 1 aliphatic heterocycles. The van der Waals surface area contributed by atoms with Crippen molar-refractivity contribution in [2.75, 3.05) is 37.3 Å². The molecule has 1 heterocycles. The standard InChI is InChI=1S/C18H19N3O5S/c1-27(25,26)17-4-2-3-14(13-17)18(22)20-11-9-19(10-12-20)15-5-7-16(8-6-15)21(23)24/h2-8,13H,9-12H2,1H3. The fourth-order valence-electron chi connectivity index (χ4n) is 3.00. The van der Waals surface area contributed by atoms with Gasteiger partial charge in [0.15, 0.2) is 9.84 Å². The highest BCUT2D eigenvalue weighted by molar-refractivity contribution is 7.90. The number of anilines is 1. The number of carbonyl (C=O) groups excluding carboxylic acids is 1. The minimum atomic E-state index is -3.37. The molecule has 0 bridgehead atoms. The second-order valence-electron chi connectivity index (χ2n) is 6.35. The van der Waals surface area contributed by atoms with E-state index in [4.69, 9.17) is 0 Å². The van der Waals surface area contributed by atoms with Gasteiger partial charge in [-0.1, -0.05) is 6.07 Å². The highest BCUT2D eigenvalue weighted by atomic mass is 32.2. The molecular weight excluding hydrogens is 370 g/mol. The van der Waals surface area contributed by atoms with Gasteiger partial charge in [-0.05, 0) is 30.3 Å². The van der Waals surface area contributed by atoms with Gasteiger partial charge in [-0.3, -0.25) is 14.9 Å². The zero-order valence-electron chi connectivity index (χ0n) is 14.7. The minimum absolute atomic E-state index is 0.0401. The fourth-order valence-corrected chi connectivity index (χ4v) is 3.66. The number of amides is 1. The minimum Gasteiger partial charge on any atom is -0.368 e. The predicted octanol–water partition coefficient (Wildman–Crippen LogP) is 1.96. The monoisotopic (exact) mass is 389 g/mol. The summed E-state index contributed by atoms with van der Waals surface area (Å²) in [5, 5.41) is 10.7. The molecule has 0 aromatic heterocycles. The first-order valence-corrected chi connectivity index (χ1v) is 10.2. The number of non-ortho nitro benzene ring substituents is 1. The van der Waals surface area contributed by atoms with Crippen LogP contribution in [0.1, 0.15) is 10.4 Å². The molecule has 1 saturated heterocycles. The Hall–Kier alpha value is -2.94. The average molecular weight is 389 g/mol. The quantitative estimate of drug-likeness (QED) is 0.585. The molecule has 0 radical (unpaired) electrons. The Morgan fingerprint density at radius 2 is 1.67 bits per heavy atom.